The third-order valence-electron chi connectivity index (χ3n) is 5.90. The van der Waals surface area contributed by atoms with E-state index in [4.69, 9.17) is 9.15 Å². The number of hydrogen-bond donors (Lipinski definition) is 0. The summed E-state index contributed by atoms with van der Waals surface area (Å²) in [6, 6.07) is 13.4. The summed E-state index contributed by atoms with van der Waals surface area (Å²) in [6.07, 6.45) is 1.57. The number of imide groups is 1. The van der Waals surface area contributed by atoms with Crippen LogP contribution in [0.2, 0.25) is 0 Å². The van der Waals surface area contributed by atoms with Gasteiger partial charge < -0.3 is 9.15 Å². The lowest BCUT2D eigenvalue weighted by Gasteiger charge is -2.17. The molecule has 0 radical (unpaired) electrons. The first kappa shape index (κ1) is 13.6. The zero-order chi connectivity index (χ0) is 16.7. The Morgan fingerprint density at radius 1 is 0.840 bits per heavy atom. The molecule has 5 nitrogen and oxygen atoms in total. The number of carbonyl (C=O) groups is 2. The summed E-state index contributed by atoms with van der Waals surface area (Å²) in [5.41, 5.74) is 2.09. The zero-order valence-electron chi connectivity index (χ0n) is 13.3. The lowest BCUT2D eigenvalue weighted by Crippen LogP contribution is -2.34. The Bertz CT molecular complexity index is 1040. The minimum absolute atomic E-state index is 0.0913. The third-order valence-corrected chi connectivity index (χ3v) is 5.90. The van der Waals surface area contributed by atoms with Crippen molar-refractivity contribution in [1.82, 2.24) is 0 Å². The summed E-state index contributed by atoms with van der Waals surface area (Å²) < 4.78 is 11.7. The SMILES string of the molecule is O=C1[C@@H]2[C@H](C(=O)N1c1ccc3c(c1)oc1ccccc13)[C@H]1CC[C@@H]2O1. The van der Waals surface area contributed by atoms with Crippen molar-refractivity contribution < 1.29 is 18.7 Å². The molecule has 3 aromatic rings. The number of para-hydroxylation sites is 1. The Morgan fingerprint density at radius 2 is 1.52 bits per heavy atom. The molecule has 3 saturated heterocycles. The van der Waals surface area contributed by atoms with Gasteiger partial charge in [-0.05, 0) is 31.0 Å². The van der Waals surface area contributed by atoms with Crippen LogP contribution in [-0.4, -0.2) is 24.0 Å². The number of furan rings is 1. The maximum Gasteiger partial charge on any atom is 0.240 e. The molecule has 6 rings (SSSR count). The van der Waals surface area contributed by atoms with Crippen molar-refractivity contribution in [2.45, 2.75) is 25.0 Å². The molecule has 3 aliphatic heterocycles. The molecule has 3 aliphatic rings. The van der Waals surface area contributed by atoms with Crippen molar-refractivity contribution in [3.63, 3.8) is 0 Å². The van der Waals surface area contributed by atoms with Gasteiger partial charge in [-0.1, -0.05) is 18.2 Å². The highest BCUT2D eigenvalue weighted by atomic mass is 16.5. The highest BCUT2D eigenvalue weighted by molar-refractivity contribution is 6.23. The van der Waals surface area contributed by atoms with Crippen molar-refractivity contribution in [2.75, 3.05) is 4.90 Å². The molecule has 3 fully saturated rings. The molecule has 5 heteroatoms. The van der Waals surface area contributed by atoms with Gasteiger partial charge in [0.25, 0.3) is 0 Å². The van der Waals surface area contributed by atoms with Gasteiger partial charge in [-0.25, -0.2) is 4.90 Å². The summed E-state index contributed by atoms with van der Waals surface area (Å²) in [5.74, 6) is -0.870. The van der Waals surface area contributed by atoms with Gasteiger partial charge in [0, 0.05) is 16.8 Å². The standard InChI is InChI=1S/C20H15NO4/c22-19-17-14-7-8-15(25-14)18(17)20(23)21(19)10-5-6-12-11-3-1-2-4-13(11)24-16(12)9-10/h1-6,9,14-15,17-18H,7-8H2/t14-,15+,17-,18+. The maximum absolute atomic E-state index is 12.9. The third kappa shape index (κ3) is 1.61. The van der Waals surface area contributed by atoms with Crippen molar-refractivity contribution in [1.29, 1.82) is 0 Å². The first-order valence-corrected chi connectivity index (χ1v) is 8.67. The minimum atomic E-state index is -0.308. The van der Waals surface area contributed by atoms with Crippen molar-refractivity contribution in [2.24, 2.45) is 11.8 Å². The summed E-state index contributed by atoms with van der Waals surface area (Å²) >= 11 is 0. The fourth-order valence-electron chi connectivity index (χ4n) is 4.82. The van der Waals surface area contributed by atoms with Crippen LogP contribution in [-0.2, 0) is 14.3 Å². The number of nitrogens with zero attached hydrogens (tertiary/aromatic N) is 1. The predicted octanol–water partition coefficient (Wildman–Crippen LogP) is 3.25. The maximum atomic E-state index is 12.9. The number of rotatable bonds is 1. The molecule has 1 aromatic heterocycles. The van der Waals surface area contributed by atoms with Gasteiger partial charge in [0.05, 0.1) is 29.7 Å². The topological polar surface area (TPSA) is 59.8 Å². The molecule has 0 aliphatic carbocycles. The quantitative estimate of drug-likeness (QED) is 0.641. The second-order valence-corrected chi connectivity index (χ2v) is 7.13. The van der Waals surface area contributed by atoms with Crippen LogP contribution in [0.3, 0.4) is 0 Å². The molecule has 0 saturated carbocycles. The average Bonchev–Trinajstić information content (AvgIpc) is 3.36. The zero-order valence-corrected chi connectivity index (χ0v) is 13.3. The van der Waals surface area contributed by atoms with Crippen LogP contribution in [0.25, 0.3) is 21.9 Å². The van der Waals surface area contributed by atoms with E-state index < -0.39 is 0 Å². The monoisotopic (exact) mass is 333 g/mol. The summed E-state index contributed by atoms with van der Waals surface area (Å²) in [7, 11) is 0. The van der Waals surface area contributed by atoms with Gasteiger partial charge in [-0.2, -0.15) is 0 Å². The molecular formula is C20H15NO4. The molecule has 25 heavy (non-hydrogen) atoms. The van der Waals surface area contributed by atoms with Gasteiger partial charge in [0.2, 0.25) is 11.8 Å². The van der Waals surface area contributed by atoms with Gasteiger partial charge in [-0.3, -0.25) is 9.59 Å². The van der Waals surface area contributed by atoms with E-state index in [-0.39, 0.29) is 35.9 Å². The second-order valence-electron chi connectivity index (χ2n) is 7.13. The number of hydrogen-bond acceptors (Lipinski definition) is 4. The first-order valence-electron chi connectivity index (χ1n) is 8.67. The Kier molecular flexibility index (Phi) is 2.44. The summed E-state index contributed by atoms with van der Waals surface area (Å²) in [4.78, 5) is 27.1. The number of benzene rings is 2. The second kappa shape index (κ2) is 4.49. The van der Waals surface area contributed by atoms with E-state index in [1.165, 1.54) is 4.90 Å². The van der Waals surface area contributed by atoms with Crippen LogP contribution in [0, 0.1) is 11.8 Å². The van der Waals surface area contributed by atoms with Crippen LogP contribution < -0.4 is 4.90 Å². The van der Waals surface area contributed by atoms with Crippen LogP contribution in [0.15, 0.2) is 46.9 Å². The molecule has 0 N–H and O–H groups in total. The largest absolute Gasteiger partial charge is 0.456 e. The molecular weight excluding hydrogens is 318 g/mol. The lowest BCUT2D eigenvalue weighted by molar-refractivity contribution is -0.124. The van der Waals surface area contributed by atoms with Crippen LogP contribution in [0.5, 0.6) is 0 Å². The van der Waals surface area contributed by atoms with Gasteiger partial charge in [0.15, 0.2) is 0 Å². The molecule has 2 bridgehead atoms. The number of anilines is 1. The van der Waals surface area contributed by atoms with Crippen LogP contribution in [0.1, 0.15) is 12.8 Å². The highest BCUT2D eigenvalue weighted by Crippen LogP contribution is 2.49. The van der Waals surface area contributed by atoms with E-state index in [2.05, 4.69) is 0 Å². The van der Waals surface area contributed by atoms with Crippen LogP contribution >= 0.6 is 0 Å². The molecule has 4 heterocycles. The Labute approximate surface area is 143 Å². The normalized spacial score (nSPS) is 30.8. The van der Waals surface area contributed by atoms with E-state index in [0.29, 0.717) is 11.3 Å². The highest BCUT2D eigenvalue weighted by Gasteiger charge is 2.62. The van der Waals surface area contributed by atoms with Gasteiger partial charge >= 0.3 is 0 Å². The van der Waals surface area contributed by atoms with E-state index >= 15 is 0 Å². The average molecular weight is 333 g/mol. The van der Waals surface area contributed by atoms with E-state index in [0.717, 1.165) is 29.2 Å². The van der Waals surface area contributed by atoms with Crippen molar-refractivity contribution in [3.05, 3.63) is 42.5 Å². The first-order chi connectivity index (χ1) is 12.2. The Hall–Kier alpha value is -2.66. The molecule has 0 spiro atoms. The number of ether oxygens (including phenoxy) is 1. The fraction of sp³-hybridized carbons (Fsp3) is 0.300. The fourth-order valence-corrected chi connectivity index (χ4v) is 4.82. The number of carbonyl (C=O) groups excluding carboxylic acids is 2. The number of amides is 2. The van der Waals surface area contributed by atoms with E-state index in [9.17, 15) is 9.59 Å². The van der Waals surface area contributed by atoms with Crippen LogP contribution in [0.4, 0.5) is 5.69 Å². The molecule has 124 valence electrons. The Morgan fingerprint density at radius 3 is 2.28 bits per heavy atom. The lowest BCUT2D eigenvalue weighted by atomic mass is 9.81. The molecule has 0 unspecified atom stereocenters. The van der Waals surface area contributed by atoms with Crippen molar-refractivity contribution >= 4 is 39.4 Å². The predicted molar refractivity (Wildman–Crippen MR) is 91.1 cm³/mol. The van der Waals surface area contributed by atoms with E-state index in [1.807, 2.05) is 36.4 Å². The van der Waals surface area contributed by atoms with Crippen molar-refractivity contribution in [3.8, 4) is 0 Å². The summed E-state index contributed by atoms with van der Waals surface area (Å²) in [5, 5.41) is 2.02. The molecule has 2 amide bonds. The van der Waals surface area contributed by atoms with E-state index in [1.54, 1.807) is 6.07 Å². The summed E-state index contributed by atoms with van der Waals surface area (Å²) in [6.45, 7) is 0. The number of fused-ring (bicyclic) bond motifs is 8. The smallest absolute Gasteiger partial charge is 0.240 e. The van der Waals surface area contributed by atoms with Gasteiger partial charge in [0.1, 0.15) is 11.2 Å². The molecule has 4 atom stereocenters. The molecule has 2 aromatic carbocycles. The minimum Gasteiger partial charge on any atom is -0.456 e. The Balaban J connectivity index is 1.48. The van der Waals surface area contributed by atoms with Gasteiger partial charge in [-0.15, -0.1) is 0 Å².